The molecule has 4 rings (SSSR count). The van der Waals surface area contributed by atoms with Gasteiger partial charge in [-0.2, -0.15) is 0 Å². The van der Waals surface area contributed by atoms with E-state index in [1.807, 2.05) is 31.2 Å². The van der Waals surface area contributed by atoms with Gasteiger partial charge in [-0.3, -0.25) is 0 Å². The van der Waals surface area contributed by atoms with Crippen LogP contribution in [0.1, 0.15) is 18.2 Å². The van der Waals surface area contributed by atoms with E-state index in [0.717, 1.165) is 55.4 Å². The number of nitrogens with one attached hydrogen (secondary N) is 2. The fourth-order valence-corrected chi connectivity index (χ4v) is 4.17. The molecule has 2 N–H and O–H groups in total. The molecule has 1 fully saturated rings. The van der Waals surface area contributed by atoms with E-state index in [9.17, 15) is 4.79 Å². The number of morpholine rings is 1. The lowest BCUT2D eigenvalue weighted by atomic mass is 10.0. The molecule has 172 valence electrons. The van der Waals surface area contributed by atoms with Crippen molar-refractivity contribution in [3.8, 4) is 11.4 Å². The van der Waals surface area contributed by atoms with Crippen LogP contribution in [-0.2, 0) is 22.4 Å². The van der Waals surface area contributed by atoms with Crippen LogP contribution < -0.4 is 15.5 Å². The Kier molecular flexibility index (Phi) is 7.19. The molecule has 3 heterocycles. The molecule has 2 aliphatic heterocycles. The summed E-state index contributed by atoms with van der Waals surface area (Å²) in [5.41, 5.74) is 3.97. The number of rotatable bonds is 6. The Bertz CT molecular complexity index is 934. The van der Waals surface area contributed by atoms with E-state index in [4.69, 9.17) is 19.4 Å². The van der Waals surface area contributed by atoms with Crippen molar-refractivity contribution in [3.63, 3.8) is 0 Å². The molecule has 1 aromatic carbocycles. The average Bonchev–Trinajstić information content (AvgIpc) is 2.79. The van der Waals surface area contributed by atoms with Crippen molar-refractivity contribution in [2.45, 2.75) is 26.0 Å². The van der Waals surface area contributed by atoms with Gasteiger partial charge >= 0.3 is 6.03 Å². The molecule has 9 heteroatoms. The lowest BCUT2D eigenvalue weighted by Crippen LogP contribution is -2.45. The number of carbonyl (C=O) groups is 1. The number of benzene rings is 1. The maximum Gasteiger partial charge on any atom is 0.319 e. The zero-order valence-electron chi connectivity index (χ0n) is 19.1. The van der Waals surface area contributed by atoms with Crippen LogP contribution in [0.4, 0.5) is 16.3 Å². The third-order valence-corrected chi connectivity index (χ3v) is 5.76. The van der Waals surface area contributed by atoms with Gasteiger partial charge in [0.1, 0.15) is 5.82 Å². The summed E-state index contributed by atoms with van der Waals surface area (Å²) in [4.78, 5) is 26.3. The third-order valence-electron chi connectivity index (χ3n) is 5.76. The SMILES string of the molecule is CCNC(=O)Nc1ccc(-c2nc3c(c(N4CCOC(COC)C4)n2)CCN(C)C3)cc1. The predicted octanol–water partition coefficient (Wildman–Crippen LogP) is 2.12. The highest BCUT2D eigenvalue weighted by Crippen LogP contribution is 2.30. The van der Waals surface area contributed by atoms with E-state index in [1.54, 1.807) is 7.11 Å². The number of hydrogen-bond acceptors (Lipinski definition) is 7. The fourth-order valence-electron chi connectivity index (χ4n) is 4.17. The van der Waals surface area contributed by atoms with E-state index in [0.29, 0.717) is 25.6 Å². The smallest absolute Gasteiger partial charge is 0.319 e. The number of hydrogen-bond donors (Lipinski definition) is 2. The van der Waals surface area contributed by atoms with E-state index in [1.165, 1.54) is 5.56 Å². The van der Waals surface area contributed by atoms with E-state index < -0.39 is 0 Å². The highest BCUT2D eigenvalue weighted by atomic mass is 16.5. The van der Waals surface area contributed by atoms with Crippen LogP contribution in [0.5, 0.6) is 0 Å². The van der Waals surface area contributed by atoms with Crippen molar-refractivity contribution in [2.75, 3.05) is 63.8 Å². The zero-order valence-corrected chi connectivity index (χ0v) is 19.1. The molecule has 0 radical (unpaired) electrons. The number of anilines is 2. The minimum atomic E-state index is -0.214. The lowest BCUT2D eigenvalue weighted by Gasteiger charge is -2.36. The van der Waals surface area contributed by atoms with Crippen LogP contribution in [0.2, 0.25) is 0 Å². The first-order chi connectivity index (χ1) is 15.6. The standard InChI is InChI=1S/C23H32N6O3/c1-4-24-23(30)25-17-7-5-16(6-8-17)21-26-20-14-28(2)10-9-19(20)22(27-21)29-11-12-32-18(13-29)15-31-3/h5-8,18H,4,9-15H2,1-3H3,(H2,24,25,30). The number of fused-ring (bicyclic) bond motifs is 1. The molecule has 2 aromatic rings. The second-order valence-electron chi connectivity index (χ2n) is 8.24. The number of methoxy groups -OCH3 is 1. The first-order valence-electron chi connectivity index (χ1n) is 11.2. The second-order valence-corrected chi connectivity index (χ2v) is 8.24. The highest BCUT2D eigenvalue weighted by Gasteiger charge is 2.28. The topological polar surface area (TPSA) is 91.9 Å². The maximum atomic E-state index is 11.8. The van der Waals surface area contributed by atoms with Crippen LogP contribution in [0.25, 0.3) is 11.4 Å². The van der Waals surface area contributed by atoms with Gasteiger partial charge in [-0.1, -0.05) is 0 Å². The Morgan fingerprint density at radius 3 is 2.81 bits per heavy atom. The molecule has 32 heavy (non-hydrogen) atoms. The minimum absolute atomic E-state index is 0.0358. The Hall–Kier alpha value is -2.75. The van der Waals surface area contributed by atoms with Gasteiger partial charge < -0.3 is 29.9 Å². The van der Waals surface area contributed by atoms with E-state index in [-0.39, 0.29) is 12.1 Å². The summed E-state index contributed by atoms with van der Waals surface area (Å²) in [7, 11) is 3.82. The molecule has 0 aliphatic carbocycles. The average molecular weight is 441 g/mol. The minimum Gasteiger partial charge on any atom is -0.382 e. The van der Waals surface area contributed by atoms with Crippen LogP contribution in [0.15, 0.2) is 24.3 Å². The maximum absolute atomic E-state index is 11.8. The van der Waals surface area contributed by atoms with Crippen LogP contribution in [0.3, 0.4) is 0 Å². The van der Waals surface area contributed by atoms with Gasteiger partial charge in [0.2, 0.25) is 0 Å². The van der Waals surface area contributed by atoms with Crippen molar-refractivity contribution in [2.24, 2.45) is 0 Å². The number of amides is 2. The van der Waals surface area contributed by atoms with E-state index >= 15 is 0 Å². The first-order valence-corrected chi connectivity index (χ1v) is 11.2. The van der Waals surface area contributed by atoms with Crippen molar-refractivity contribution in [3.05, 3.63) is 35.5 Å². The van der Waals surface area contributed by atoms with Crippen LogP contribution >= 0.6 is 0 Å². The first kappa shape index (κ1) is 22.4. The van der Waals surface area contributed by atoms with Gasteiger partial charge in [0.05, 0.1) is 25.0 Å². The summed E-state index contributed by atoms with van der Waals surface area (Å²) in [5.74, 6) is 1.71. The predicted molar refractivity (Wildman–Crippen MR) is 124 cm³/mol. The molecule has 9 nitrogen and oxygen atoms in total. The molecule has 0 bridgehead atoms. The molecule has 1 unspecified atom stereocenters. The van der Waals surface area contributed by atoms with Gasteiger partial charge in [0.15, 0.2) is 5.82 Å². The monoisotopic (exact) mass is 440 g/mol. The van der Waals surface area contributed by atoms with Crippen LogP contribution in [0, 0.1) is 0 Å². The molecule has 1 atom stereocenters. The Balaban J connectivity index is 1.63. The van der Waals surface area contributed by atoms with Gasteiger partial charge in [-0.05, 0) is 44.7 Å². The van der Waals surface area contributed by atoms with Gasteiger partial charge in [-0.15, -0.1) is 0 Å². The van der Waals surface area contributed by atoms with Gasteiger partial charge in [-0.25, -0.2) is 14.8 Å². The summed E-state index contributed by atoms with van der Waals surface area (Å²) in [6.45, 7) is 7.04. The Morgan fingerprint density at radius 2 is 2.06 bits per heavy atom. The summed E-state index contributed by atoms with van der Waals surface area (Å²) < 4.78 is 11.2. The van der Waals surface area contributed by atoms with Gasteiger partial charge in [0, 0.05) is 56.6 Å². The number of likely N-dealkylation sites (N-methyl/N-ethyl adjacent to an activating group) is 1. The Labute approximate surface area is 189 Å². The number of ether oxygens (including phenoxy) is 2. The molecule has 1 aromatic heterocycles. The van der Waals surface area contributed by atoms with Crippen molar-refractivity contribution in [1.29, 1.82) is 0 Å². The lowest BCUT2D eigenvalue weighted by molar-refractivity contribution is -0.0103. The number of carbonyl (C=O) groups excluding carboxylic acids is 1. The third kappa shape index (κ3) is 5.17. The highest BCUT2D eigenvalue weighted by molar-refractivity contribution is 5.89. The molecule has 2 aliphatic rings. The van der Waals surface area contributed by atoms with Crippen molar-refractivity contribution < 1.29 is 14.3 Å². The quantitative estimate of drug-likeness (QED) is 0.711. The summed E-state index contributed by atoms with van der Waals surface area (Å²) in [5, 5.41) is 5.56. The molecule has 2 amide bonds. The summed E-state index contributed by atoms with van der Waals surface area (Å²) in [6.07, 6.45) is 0.970. The zero-order chi connectivity index (χ0) is 22.5. The fraction of sp³-hybridized carbons (Fsp3) is 0.522. The largest absolute Gasteiger partial charge is 0.382 e. The molecule has 1 saturated heterocycles. The van der Waals surface area contributed by atoms with E-state index in [2.05, 4.69) is 27.5 Å². The molecular weight excluding hydrogens is 408 g/mol. The Morgan fingerprint density at radius 1 is 1.25 bits per heavy atom. The normalized spacial score (nSPS) is 18.8. The van der Waals surface area contributed by atoms with Crippen molar-refractivity contribution in [1.82, 2.24) is 20.2 Å². The molecular formula is C23H32N6O3. The number of aromatic nitrogens is 2. The van der Waals surface area contributed by atoms with Crippen molar-refractivity contribution >= 4 is 17.5 Å². The van der Waals surface area contributed by atoms with Gasteiger partial charge in [0.25, 0.3) is 0 Å². The summed E-state index contributed by atoms with van der Waals surface area (Å²) in [6, 6.07) is 7.44. The van der Waals surface area contributed by atoms with Crippen LogP contribution in [-0.4, -0.2) is 80.6 Å². The molecule has 0 saturated carbocycles. The summed E-state index contributed by atoms with van der Waals surface area (Å²) >= 11 is 0. The second kappa shape index (κ2) is 10.2. The number of nitrogens with zero attached hydrogens (tertiary/aromatic N) is 4. The number of urea groups is 1. The molecule has 0 spiro atoms.